The van der Waals surface area contributed by atoms with Gasteiger partial charge in [-0.05, 0) is 18.9 Å². The molecule has 1 unspecified atom stereocenters. The summed E-state index contributed by atoms with van der Waals surface area (Å²) in [6.07, 6.45) is 4.26. The van der Waals surface area contributed by atoms with Crippen molar-refractivity contribution < 1.29 is 9.47 Å². The molecule has 3 rings (SSSR count). The fraction of sp³-hybridized carbons (Fsp3) is 0.538. The second kappa shape index (κ2) is 3.24. The number of rotatable bonds is 3. The lowest BCUT2D eigenvalue weighted by atomic mass is 9.62. The number of benzene rings is 1. The highest BCUT2D eigenvalue weighted by Crippen LogP contribution is 2.53. The molecule has 2 fully saturated rings. The van der Waals surface area contributed by atoms with Crippen molar-refractivity contribution in [1.82, 2.24) is 0 Å². The molecule has 2 aliphatic rings. The lowest BCUT2D eigenvalue weighted by molar-refractivity contribution is 0.172. The monoisotopic (exact) mass is 204 g/mol. The minimum Gasteiger partial charge on any atom is -0.496 e. The zero-order chi connectivity index (χ0) is 10.3. The van der Waals surface area contributed by atoms with Crippen LogP contribution in [0.4, 0.5) is 0 Å². The Morgan fingerprint density at radius 3 is 2.60 bits per heavy atom. The van der Waals surface area contributed by atoms with Gasteiger partial charge in [0.1, 0.15) is 5.75 Å². The standard InChI is InChI=1S/C13H16O2/c1-14-11-6-3-2-5-10(11)13(7-4-8-13)12-9-15-12/h2-3,5-6,12H,4,7-9H2,1H3. The van der Waals surface area contributed by atoms with Crippen molar-refractivity contribution in [2.75, 3.05) is 13.7 Å². The van der Waals surface area contributed by atoms with Crippen LogP contribution in [-0.4, -0.2) is 19.8 Å². The summed E-state index contributed by atoms with van der Waals surface area (Å²) in [7, 11) is 1.75. The van der Waals surface area contributed by atoms with E-state index in [2.05, 4.69) is 18.2 Å². The summed E-state index contributed by atoms with van der Waals surface area (Å²) < 4.78 is 11.0. The summed E-state index contributed by atoms with van der Waals surface area (Å²) in [4.78, 5) is 0. The van der Waals surface area contributed by atoms with Gasteiger partial charge < -0.3 is 9.47 Å². The number of epoxide rings is 1. The van der Waals surface area contributed by atoms with Crippen molar-refractivity contribution in [2.24, 2.45) is 0 Å². The van der Waals surface area contributed by atoms with Gasteiger partial charge in [-0.3, -0.25) is 0 Å². The topological polar surface area (TPSA) is 21.8 Å². The fourth-order valence-electron chi connectivity index (χ4n) is 2.75. The van der Waals surface area contributed by atoms with Gasteiger partial charge in [-0.2, -0.15) is 0 Å². The van der Waals surface area contributed by atoms with Crippen molar-refractivity contribution in [3.63, 3.8) is 0 Å². The van der Waals surface area contributed by atoms with E-state index in [9.17, 15) is 0 Å². The van der Waals surface area contributed by atoms with Crippen LogP contribution >= 0.6 is 0 Å². The molecule has 0 spiro atoms. The lowest BCUT2D eigenvalue weighted by Crippen LogP contribution is -2.40. The maximum Gasteiger partial charge on any atom is 0.122 e. The molecule has 1 saturated carbocycles. The molecule has 1 saturated heterocycles. The number of hydrogen-bond donors (Lipinski definition) is 0. The van der Waals surface area contributed by atoms with Gasteiger partial charge in [-0.1, -0.05) is 24.6 Å². The first-order chi connectivity index (χ1) is 7.37. The van der Waals surface area contributed by atoms with Gasteiger partial charge in [0.2, 0.25) is 0 Å². The molecule has 1 aromatic carbocycles. The average molecular weight is 204 g/mol. The Labute approximate surface area is 90.2 Å². The van der Waals surface area contributed by atoms with Crippen LogP contribution in [-0.2, 0) is 10.2 Å². The molecule has 0 amide bonds. The third kappa shape index (κ3) is 1.28. The average Bonchev–Trinajstić information content (AvgIpc) is 3.02. The zero-order valence-electron chi connectivity index (χ0n) is 9.03. The molecule has 1 aliphatic heterocycles. The molecule has 80 valence electrons. The van der Waals surface area contributed by atoms with E-state index in [0.29, 0.717) is 6.10 Å². The summed E-state index contributed by atoms with van der Waals surface area (Å²) in [5.41, 5.74) is 1.62. The second-order valence-electron chi connectivity index (χ2n) is 4.53. The van der Waals surface area contributed by atoms with Crippen LogP contribution in [0.3, 0.4) is 0 Å². The highest BCUT2D eigenvalue weighted by Gasteiger charge is 2.52. The van der Waals surface area contributed by atoms with Crippen LogP contribution < -0.4 is 4.74 Å². The number of methoxy groups -OCH3 is 1. The predicted octanol–water partition coefficient (Wildman–Crippen LogP) is 2.52. The Bertz CT molecular complexity index is 365. The number of hydrogen-bond acceptors (Lipinski definition) is 2. The van der Waals surface area contributed by atoms with Gasteiger partial charge in [-0.25, -0.2) is 0 Å². The highest BCUT2D eigenvalue weighted by molar-refractivity contribution is 5.43. The third-order valence-corrected chi connectivity index (χ3v) is 3.84. The van der Waals surface area contributed by atoms with Crippen molar-refractivity contribution in [3.05, 3.63) is 29.8 Å². The molecule has 15 heavy (non-hydrogen) atoms. The van der Waals surface area contributed by atoms with Gasteiger partial charge in [0.05, 0.1) is 19.8 Å². The molecule has 0 radical (unpaired) electrons. The Morgan fingerprint density at radius 2 is 2.07 bits per heavy atom. The summed E-state index contributed by atoms with van der Waals surface area (Å²) in [5.74, 6) is 1.02. The van der Waals surface area contributed by atoms with Gasteiger partial charge in [0, 0.05) is 11.0 Å². The molecule has 2 nitrogen and oxygen atoms in total. The van der Waals surface area contributed by atoms with E-state index < -0.39 is 0 Å². The molecule has 1 aliphatic carbocycles. The van der Waals surface area contributed by atoms with Gasteiger partial charge in [-0.15, -0.1) is 0 Å². The lowest BCUT2D eigenvalue weighted by Gasteiger charge is -2.42. The van der Waals surface area contributed by atoms with Crippen molar-refractivity contribution >= 4 is 0 Å². The largest absolute Gasteiger partial charge is 0.496 e. The normalized spacial score (nSPS) is 26.9. The minimum atomic E-state index is 0.270. The molecule has 1 heterocycles. The van der Waals surface area contributed by atoms with Crippen LogP contribution in [0.25, 0.3) is 0 Å². The van der Waals surface area contributed by atoms with E-state index in [1.165, 1.54) is 24.8 Å². The predicted molar refractivity (Wildman–Crippen MR) is 58.3 cm³/mol. The molecule has 1 aromatic rings. The van der Waals surface area contributed by atoms with E-state index in [4.69, 9.17) is 9.47 Å². The molecule has 0 bridgehead atoms. The van der Waals surface area contributed by atoms with E-state index >= 15 is 0 Å². The smallest absolute Gasteiger partial charge is 0.122 e. The van der Waals surface area contributed by atoms with Crippen LogP contribution in [0, 0.1) is 0 Å². The van der Waals surface area contributed by atoms with Crippen molar-refractivity contribution in [3.8, 4) is 5.75 Å². The number of para-hydroxylation sites is 1. The van der Waals surface area contributed by atoms with Crippen LogP contribution in [0.2, 0.25) is 0 Å². The quantitative estimate of drug-likeness (QED) is 0.706. The first-order valence-electron chi connectivity index (χ1n) is 5.62. The van der Waals surface area contributed by atoms with E-state index in [1.807, 2.05) is 6.07 Å². The van der Waals surface area contributed by atoms with Gasteiger partial charge in [0.15, 0.2) is 0 Å². The second-order valence-corrected chi connectivity index (χ2v) is 4.53. The summed E-state index contributed by atoms with van der Waals surface area (Å²) in [5, 5.41) is 0. The van der Waals surface area contributed by atoms with Crippen molar-refractivity contribution in [2.45, 2.75) is 30.8 Å². The molecular formula is C13H16O2. The Kier molecular flexibility index (Phi) is 1.99. The van der Waals surface area contributed by atoms with Crippen LogP contribution in [0.15, 0.2) is 24.3 Å². The minimum absolute atomic E-state index is 0.270. The zero-order valence-corrected chi connectivity index (χ0v) is 9.03. The molecular weight excluding hydrogens is 188 g/mol. The van der Waals surface area contributed by atoms with Crippen molar-refractivity contribution in [1.29, 1.82) is 0 Å². The SMILES string of the molecule is COc1ccccc1C1(C2CO2)CCC1. The highest BCUT2D eigenvalue weighted by atomic mass is 16.6. The Morgan fingerprint density at radius 1 is 1.33 bits per heavy atom. The van der Waals surface area contributed by atoms with Gasteiger partial charge >= 0.3 is 0 Å². The molecule has 2 heteroatoms. The molecule has 1 atom stereocenters. The molecule has 0 aromatic heterocycles. The van der Waals surface area contributed by atoms with E-state index in [-0.39, 0.29) is 5.41 Å². The van der Waals surface area contributed by atoms with Crippen LogP contribution in [0.1, 0.15) is 24.8 Å². The fourth-order valence-corrected chi connectivity index (χ4v) is 2.75. The summed E-state index contributed by atoms with van der Waals surface area (Å²) >= 11 is 0. The first kappa shape index (κ1) is 9.22. The summed E-state index contributed by atoms with van der Waals surface area (Å²) in [6.45, 7) is 0.929. The third-order valence-electron chi connectivity index (χ3n) is 3.84. The Balaban J connectivity index is 2.02. The number of ether oxygens (including phenoxy) is 2. The van der Waals surface area contributed by atoms with Crippen LogP contribution in [0.5, 0.6) is 5.75 Å². The maximum atomic E-state index is 5.51. The maximum absolute atomic E-state index is 5.51. The Hall–Kier alpha value is -1.02. The molecule has 0 N–H and O–H groups in total. The summed E-state index contributed by atoms with van der Waals surface area (Å²) in [6, 6.07) is 8.38. The first-order valence-corrected chi connectivity index (χ1v) is 5.62. The van der Waals surface area contributed by atoms with E-state index in [1.54, 1.807) is 7.11 Å². The van der Waals surface area contributed by atoms with E-state index in [0.717, 1.165) is 12.4 Å². The van der Waals surface area contributed by atoms with Gasteiger partial charge in [0.25, 0.3) is 0 Å².